The molecule has 1 aromatic carbocycles. The smallest absolute Gasteiger partial charge is 0.255 e. The standard InChI is InChI=1S/C26H28FN5O4/c1-32-8-9-35-12-14(32)13-36-20-11-28-7-6-15(20)23-24(29-18-5-3-4-17(27)25(18)34-2)21-22(31-23)16-10-19(16)30-26(21)33/h3-7,11,14,16,19,29,31H,8-10,12-13H2,1-2H3,(H,30,33)/t14-,16-,19+/m0/s1. The second-order valence-electron chi connectivity index (χ2n) is 9.42. The Morgan fingerprint density at radius 2 is 2.22 bits per heavy atom. The van der Waals surface area contributed by atoms with Gasteiger partial charge in [-0.15, -0.1) is 0 Å². The zero-order valence-electron chi connectivity index (χ0n) is 20.1. The normalized spacial score (nSPS) is 22.9. The van der Waals surface area contributed by atoms with Crippen LogP contribution in [0.1, 0.15) is 28.4 Å². The van der Waals surface area contributed by atoms with Crippen LogP contribution < -0.4 is 20.1 Å². The van der Waals surface area contributed by atoms with Crippen LogP contribution in [0.15, 0.2) is 36.7 Å². The number of benzene rings is 1. The summed E-state index contributed by atoms with van der Waals surface area (Å²) in [6.07, 6.45) is 4.24. The molecular formula is C26H28FN5O4. The summed E-state index contributed by atoms with van der Waals surface area (Å²) in [6.45, 7) is 2.58. The van der Waals surface area contributed by atoms with E-state index in [1.54, 1.807) is 24.5 Å². The van der Waals surface area contributed by atoms with Gasteiger partial charge >= 0.3 is 0 Å². The number of hydrogen-bond donors (Lipinski definition) is 3. The van der Waals surface area contributed by atoms with E-state index in [0.717, 1.165) is 24.2 Å². The number of morpholine rings is 1. The van der Waals surface area contributed by atoms with Gasteiger partial charge in [0, 0.05) is 36.0 Å². The average molecular weight is 494 g/mol. The van der Waals surface area contributed by atoms with E-state index < -0.39 is 5.82 Å². The van der Waals surface area contributed by atoms with Crippen LogP contribution in [0.25, 0.3) is 11.3 Å². The number of nitrogens with zero attached hydrogens (tertiary/aromatic N) is 2. The van der Waals surface area contributed by atoms with E-state index in [2.05, 4.69) is 32.5 Å². The van der Waals surface area contributed by atoms with E-state index in [-0.39, 0.29) is 29.7 Å². The number of para-hydroxylation sites is 1. The van der Waals surface area contributed by atoms with E-state index >= 15 is 0 Å². The molecular weight excluding hydrogens is 465 g/mol. The molecule has 1 amide bonds. The predicted molar refractivity (Wildman–Crippen MR) is 132 cm³/mol. The van der Waals surface area contributed by atoms with Crippen molar-refractivity contribution in [2.75, 3.05) is 45.8 Å². The number of halogens is 1. The minimum absolute atomic E-state index is 0.0745. The third-order valence-electron chi connectivity index (χ3n) is 7.17. The van der Waals surface area contributed by atoms with Gasteiger partial charge in [-0.1, -0.05) is 6.07 Å². The second-order valence-corrected chi connectivity index (χ2v) is 9.42. The van der Waals surface area contributed by atoms with E-state index in [4.69, 9.17) is 14.2 Å². The maximum atomic E-state index is 14.5. The van der Waals surface area contributed by atoms with Gasteiger partial charge in [-0.3, -0.25) is 14.7 Å². The number of pyridine rings is 1. The largest absolute Gasteiger partial charge is 0.492 e. The number of nitrogens with one attached hydrogen (secondary N) is 3. The molecule has 36 heavy (non-hydrogen) atoms. The summed E-state index contributed by atoms with van der Waals surface area (Å²) in [5.41, 5.74) is 3.80. The first kappa shape index (κ1) is 22.8. The number of methoxy groups -OCH3 is 1. The molecule has 0 bridgehead atoms. The summed E-state index contributed by atoms with van der Waals surface area (Å²) < 4.78 is 31.6. The topological polar surface area (TPSA) is 101 Å². The van der Waals surface area contributed by atoms with Crippen molar-refractivity contribution in [3.05, 3.63) is 53.7 Å². The van der Waals surface area contributed by atoms with Crippen molar-refractivity contribution >= 4 is 17.3 Å². The second kappa shape index (κ2) is 9.11. The average Bonchev–Trinajstić information content (AvgIpc) is 3.56. The van der Waals surface area contributed by atoms with Gasteiger partial charge in [0.05, 0.1) is 55.2 Å². The van der Waals surface area contributed by atoms with Gasteiger partial charge in [0.25, 0.3) is 5.91 Å². The van der Waals surface area contributed by atoms with Crippen molar-refractivity contribution in [1.29, 1.82) is 0 Å². The molecule has 1 aliphatic carbocycles. The van der Waals surface area contributed by atoms with Crippen LogP contribution in [0.5, 0.6) is 11.5 Å². The van der Waals surface area contributed by atoms with Crippen LogP contribution in [0.3, 0.4) is 0 Å². The summed E-state index contributed by atoms with van der Waals surface area (Å²) in [4.78, 5) is 23.1. The molecule has 0 spiro atoms. The highest BCUT2D eigenvalue weighted by Gasteiger charge is 2.48. The number of carbonyl (C=O) groups is 1. The van der Waals surface area contributed by atoms with Gasteiger partial charge in [0.2, 0.25) is 0 Å². The number of anilines is 2. The Kier molecular flexibility index (Phi) is 5.77. The molecule has 9 nitrogen and oxygen atoms in total. The van der Waals surface area contributed by atoms with Gasteiger partial charge in [-0.25, -0.2) is 4.39 Å². The Morgan fingerprint density at radius 3 is 3.06 bits per heavy atom. The predicted octanol–water partition coefficient (Wildman–Crippen LogP) is 3.28. The van der Waals surface area contributed by atoms with Gasteiger partial charge in [-0.2, -0.15) is 0 Å². The highest BCUT2D eigenvalue weighted by atomic mass is 19.1. The molecule has 10 heteroatoms. The quantitative estimate of drug-likeness (QED) is 0.464. The Labute approximate surface area is 207 Å². The minimum Gasteiger partial charge on any atom is -0.492 e. The zero-order chi connectivity index (χ0) is 24.8. The Hall–Kier alpha value is -3.63. The number of fused-ring (bicyclic) bond motifs is 3. The van der Waals surface area contributed by atoms with Gasteiger partial charge in [-0.05, 0) is 31.7 Å². The molecule has 4 heterocycles. The zero-order valence-corrected chi connectivity index (χ0v) is 20.1. The van der Waals surface area contributed by atoms with Gasteiger partial charge in [0.1, 0.15) is 12.4 Å². The van der Waals surface area contributed by atoms with Crippen LogP contribution in [-0.4, -0.2) is 73.4 Å². The lowest BCUT2D eigenvalue weighted by Crippen LogP contribution is -2.46. The van der Waals surface area contributed by atoms with Gasteiger partial charge < -0.3 is 29.8 Å². The molecule has 0 radical (unpaired) electrons. The molecule has 3 atom stereocenters. The fraction of sp³-hybridized carbons (Fsp3) is 0.385. The first-order valence-corrected chi connectivity index (χ1v) is 12.1. The van der Waals surface area contributed by atoms with Crippen LogP contribution in [-0.2, 0) is 4.74 Å². The molecule has 3 aromatic rings. The van der Waals surface area contributed by atoms with Gasteiger partial charge in [0.15, 0.2) is 11.6 Å². The molecule has 2 aromatic heterocycles. The first-order chi connectivity index (χ1) is 17.5. The molecule has 3 N–H and O–H groups in total. The first-order valence-electron chi connectivity index (χ1n) is 12.1. The van der Waals surface area contributed by atoms with Crippen molar-refractivity contribution in [3.63, 3.8) is 0 Å². The number of carbonyl (C=O) groups excluding carboxylic acids is 1. The molecule has 2 fully saturated rings. The van der Waals surface area contributed by atoms with Crippen LogP contribution in [0.2, 0.25) is 0 Å². The SMILES string of the molecule is COc1c(F)cccc1Nc1c(-c2ccncc2OC[C@@H]2COCCN2C)[nH]c2c1C(=O)N[C@@H]1C[C@H]21. The lowest BCUT2D eigenvalue weighted by atomic mass is 10.0. The highest BCUT2D eigenvalue weighted by molar-refractivity contribution is 6.07. The summed E-state index contributed by atoms with van der Waals surface area (Å²) in [5.74, 6) is 0.219. The van der Waals surface area contributed by atoms with Crippen molar-refractivity contribution in [2.24, 2.45) is 0 Å². The summed E-state index contributed by atoms with van der Waals surface area (Å²) in [5, 5.41) is 6.35. The van der Waals surface area contributed by atoms with Crippen LogP contribution in [0.4, 0.5) is 15.8 Å². The van der Waals surface area contributed by atoms with Crippen LogP contribution in [0, 0.1) is 5.82 Å². The van der Waals surface area contributed by atoms with Crippen LogP contribution >= 0.6 is 0 Å². The highest BCUT2D eigenvalue weighted by Crippen LogP contribution is 2.51. The van der Waals surface area contributed by atoms with E-state index in [0.29, 0.717) is 48.2 Å². The lowest BCUT2D eigenvalue weighted by Gasteiger charge is -2.32. The fourth-order valence-electron chi connectivity index (χ4n) is 5.02. The number of hydrogen-bond acceptors (Lipinski definition) is 7. The van der Waals surface area contributed by atoms with E-state index in [9.17, 15) is 9.18 Å². The van der Waals surface area contributed by atoms with Crippen molar-refractivity contribution < 1.29 is 23.4 Å². The minimum atomic E-state index is -0.494. The van der Waals surface area contributed by atoms with Crippen molar-refractivity contribution in [2.45, 2.75) is 24.4 Å². The summed E-state index contributed by atoms with van der Waals surface area (Å²) in [6, 6.07) is 6.76. The van der Waals surface area contributed by atoms with E-state index in [1.165, 1.54) is 13.2 Å². The molecule has 1 saturated carbocycles. The number of aromatic nitrogens is 2. The maximum Gasteiger partial charge on any atom is 0.255 e. The number of ether oxygens (including phenoxy) is 3. The lowest BCUT2D eigenvalue weighted by molar-refractivity contribution is -0.0107. The van der Waals surface area contributed by atoms with E-state index in [1.807, 2.05) is 6.07 Å². The number of likely N-dealkylation sites (N-methyl/N-ethyl adjacent to an activating group) is 1. The molecule has 6 rings (SSSR count). The third-order valence-corrected chi connectivity index (χ3v) is 7.17. The molecule has 3 aliphatic rings. The van der Waals surface area contributed by atoms with Crippen molar-refractivity contribution in [3.8, 4) is 22.8 Å². The number of aromatic amines is 1. The fourth-order valence-corrected chi connectivity index (χ4v) is 5.02. The molecule has 0 unspecified atom stereocenters. The summed E-state index contributed by atoms with van der Waals surface area (Å²) in [7, 11) is 3.47. The Morgan fingerprint density at radius 1 is 1.33 bits per heavy atom. The molecule has 188 valence electrons. The maximum absolute atomic E-state index is 14.5. The Bertz CT molecular complexity index is 1310. The number of rotatable bonds is 7. The molecule has 2 aliphatic heterocycles. The number of amides is 1. The Balaban J connectivity index is 1.41. The summed E-state index contributed by atoms with van der Waals surface area (Å²) >= 11 is 0. The van der Waals surface area contributed by atoms with Crippen molar-refractivity contribution in [1.82, 2.24) is 20.2 Å². The number of H-pyrrole nitrogens is 1. The third kappa shape index (κ3) is 3.96. The monoisotopic (exact) mass is 493 g/mol. The molecule has 1 saturated heterocycles.